The van der Waals surface area contributed by atoms with E-state index >= 15 is 0 Å². The van der Waals surface area contributed by atoms with Crippen molar-refractivity contribution < 1.29 is 12.8 Å². The number of nitrogens with one attached hydrogen (secondary N) is 1. The van der Waals surface area contributed by atoms with E-state index in [9.17, 15) is 8.42 Å². The Labute approximate surface area is 127 Å². The molecule has 0 aliphatic carbocycles. The second-order valence-corrected chi connectivity index (χ2v) is 6.60. The smallest absolute Gasteiger partial charge is 0.216 e. The minimum absolute atomic E-state index is 0.0361. The Bertz CT molecular complexity index is 793. The third kappa shape index (κ3) is 4.29. The molecule has 1 heterocycles. The minimum atomic E-state index is -3.61. The van der Waals surface area contributed by atoms with Crippen LogP contribution in [-0.4, -0.2) is 13.4 Å². The van der Waals surface area contributed by atoms with Crippen LogP contribution in [0.5, 0.6) is 0 Å². The van der Waals surface area contributed by atoms with Gasteiger partial charge in [-0.2, -0.15) is 5.26 Å². The lowest BCUT2D eigenvalue weighted by Crippen LogP contribution is -2.25. The summed E-state index contributed by atoms with van der Waals surface area (Å²) in [5.74, 6) is 0.577. The van der Waals surface area contributed by atoms with Gasteiger partial charge < -0.3 is 4.42 Å². The number of hydrogen-bond acceptors (Lipinski definition) is 5. The van der Waals surface area contributed by atoms with Crippen LogP contribution in [0.25, 0.3) is 0 Å². The second kappa shape index (κ2) is 6.26. The average molecular weight is 326 g/mol. The van der Waals surface area contributed by atoms with Crippen LogP contribution < -0.4 is 4.72 Å². The quantitative estimate of drug-likeness (QED) is 0.908. The summed E-state index contributed by atoms with van der Waals surface area (Å²) in [6, 6.07) is 6.43. The molecule has 0 saturated carbocycles. The molecule has 0 aliphatic rings. The van der Waals surface area contributed by atoms with Crippen LogP contribution in [0, 0.1) is 18.3 Å². The fourth-order valence-corrected chi connectivity index (χ4v) is 2.97. The molecular weight excluding hydrogens is 314 g/mol. The summed E-state index contributed by atoms with van der Waals surface area (Å²) in [5.41, 5.74) is 0.623. The number of halogens is 1. The van der Waals surface area contributed by atoms with E-state index in [4.69, 9.17) is 21.3 Å². The highest BCUT2D eigenvalue weighted by Gasteiger charge is 2.15. The molecule has 0 aliphatic heterocycles. The van der Waals surface area contributed by atoms with Crippen molar-refractivity contribution in [3.05, 3.63) is 52.2 Å². The van der Waals surface area contributed by atoms with E-state index < -0.39 is 10.0 Å². The molecule has 2 rings (SSSR count). The summed E-state index contributed by atoms with van der Waals surface area (Å²) in [6.45, 7) is 1.68. The van der Waals surface area contributed by atoms with Crippen molar-refractivity contribution in [2.45, 2.75) is 19.2 Å². The Kier molecular flexibility index (Phi) is 4.63. The summed E-state index contributed by atoms with van der Waals surface area (Å²) in [7, 11) is -3.61. The highest BCUT2D eigenvalue weighted by molar-refractivity contribution is 7.88. The summed E-state index contributed by atoms with van der Waals surface area (Å²) in [4.78, 5) is 3.91. The number of rotatable bonds is 5. The van der Waals surface area contributed by atoms with Crippen molar-refractivity contribution in [1.29, 1.82) is 5.26 Å². The number of oxazole rings is 1. The van der Waals surface area contributed by atoms with E-state index in [2.05, 4.69) is 9.71 Å². The summed E-state index contributed by atoms with van der Waals surface area (Å²) < 4.78 is 31.6. The molecule has 0 fully saturated rings. The first-order chi connectivity index (χ1) is 9.89. The number of benzene rings is 1. The van der Waals surface area contributed by atoms with Crippen molar-refractivity contribution in [3.63, 3.8) is 0 Å². The molecule has 0 saturated heterocycles. The largest absolute Gasteiger partial charge is 0.445 e. The van der Waals surface area contributed by atoms with Crippen molar-refractivity contribution in [1.82, 2.24) is 9.71 Å². The fraction of sp³-hybridized carbons (Fsp3) is 0.231. The Balaban J connectivity index is 2.09. The molecule has 0 atom stereocenters. The number of sulfonamides is 1. The molecule has 0 unspecified atom stereocenters. The van der Waals surface area contributed by atoms with Crippen LogP contribution in [0.4, 0.5) is 0 Å². The number of nitrogens with zero attached hydrogens (tertiary/aromatic N) is 2. The lowest BCUT2D eigenvalue weighted by atomic mass is 10.1. The van der Waals surface area contributed by atoms with E-state index in [1.165, 1.54) is 18.3 Å². The first-order valence-corrected chi connectivity index (χ1v) is 8.00. The molecule has 0 bridgehead atoms. The Hall–Kier alpha value is -1.88. The monoisotopic (exact) mass is 325 g/mol. The standard InChI is InChI=1S/C13H12ClN3O3S/c1-9-6-16-13(20-9)7-17-21(18,19)8-10-2-3-12(14)4-11(10)5-15/h2-4,6,17H,7-8H2,1H3. The second-order valence-electron chi connectivity index (χ2n) is 4.36. The zero-order chi connectivity index (χ0) is 15.5. The first kappa shape index (κ1) is 15.5. The third-order valence-corrected chi connectivity index (χ3v) is 4.16. The van der Waals surface area contributed by atoms with Gasteiger partial charge in [-0.05, 0) is 24.6 Å². The van der Waals surface area contributed by atoms with Gasteiger partial charge in [-0.25, -0.2) is 18.1 Å². The lowest BCUT2D eigenvalue weighted by Gasteiger charge is -2.07. The van der Waals surface area contributed by atoms with Crippen LogP contribution in [-0.2, 0) is 22.3 Å². The molecule has 2 aromatic rings. The zero-order valence-corrected chi connectivity index (χ0v) is 12.7. The molecule has 21 heavy (non-hydrogen) atoms. The van der Waals surface area contributed by atoms with Crippen molar-refractivity contribution >= 4 is 21.6 Å². The molecule has 8 heteroatoms. The highest BCUT2D eigenvalue weighted by Crippen LogP contribution is 2.17. The molecule has 0 spiro atoms. The fourth-order valence-electron chi connectivity index (χ4n) is 1.69. The SMILES string of the molecule is Cc1cnc(CNS(=O)(=O)Cc2ccc(Cl)cc2C#N)o1. The third-order valence-electron chi connectivity index (χ3n) is 2.65. The Morgan fingerprint density at radius 3 is 2.86 bits per heavy atom. The maximum absolute atomic E-state index is 12.0. The molecule has 1 aromatic heterocycles. The predicted octanol–water partition coefficient (Wildman–Crippen LogP) is 2.13. The molecule has 0 amide bonds. The summed E-state index contributed by atoms with van der Waals surface area (Å²) in [5, 5.41) is 9.39. The number of aromatic nitrogens is 1. The van der Waals surface area contributed by atoms with Crippen molar-refractivity contribution in [2.75, 3.05) is 0 Å². The van der Waals surface area contributed by atoms with Gasteiger partial charge in [0.05, 0.1) is 30.1 Å². The van der Waals surface area contributed by atoms with Gasteiger partial charge in [-0.1, -0.05) is 17.7 Å². The van der Waals surface area contributed by atoms with Gasteiger partial charge in [0.15, 0.2) is 0 Å². The topological polar surface area (TPSA) is 96.0 Å². The normalized spacial score (nSPS) is 11.3. The van der Waals surface area contributed by atoms with Gasteiger partial charge >= 0.3 is 0 Å². The van der Waals surface area contributed by atoms with Gasteiger partial charge in [0, 0.05) is 5.02 Å². The average Bonchev–Trinajstić information content (AvgIpc) is 2.84. The molecule has 6 nitrogen and oxygen atoms in total. The molecule has 0 radical (unpaired) electrons. The van der Waals surface area contributed by atoms with Crippen LogP contribution in [0.1, 0.15) is 22.8 Å². The molecule has 1 N–H and O–H groups in total. The van der Waals surface area contributed by atoms with Gasteiger partial charge in [-0.3, -0.25) is 0 Å². The van der Waals surface area contributed by atoms with Crippen LogP contribution >= 0.6 is 11.6 Å². The lowest BCUT2D eigenvalue weighted by molar-refractivity contribution is 0.463. The number of hydrogen-bond donors (Lipinski definition) is 1. The zero-order valence-electron chi connectivity index (χ0n) is 11.1. The van der Waals surface area contributed by atoms with Gasteiger partial charge in [-0.15, -0.1) is 0 Å². The molecule has 110 valence electrons. The van der Waals surface area contributed by atoms with Crippen molar-refractivity contribution in [3.8, 4) is 6.07 Å². The maximum atomic E-state index is 12.0. The number of aryl methyl sites for hydroxylation is 1. The van der Waals surface area contributed by atoms with Crippen LogP contribution in [0.2, 0.25) is 5.02 Å². The van der Waals surface area contributed by atoms with Crippen LogP contribution in [0.15, 0.2) is 28.8 Å². The first-order valence-electron chi connectivity index (χ1n) is 5.97. The van der Waals surface area contributed by atoms with Crippen LogP contribution in [0.3, 0.4) is 0 Å². The van der Waals surface area contributed by atoms with E-state index in [1.54, 1.807) is 13.0 Å². The minimum Gasteiger partial charge on any atom is -0.445 e. The molecular formula is C13H12ClN3O3S. The van der Waals surface area contributed by atoms with Gasteiger partial charge in [0.25, 0.3) is 0 Å². The van der Waals surface area contributed by atoms with E-state index in [0.29, 0.717) is 16.3 Å². The Morgan fingerprint density at radius 2 is 2.24 bits per heavy atom. The number of nitriles is 1. The summed E-state index contributed by atoms with van der Waals surface area (Å²) >= 11 is 5.77. The summed E-state index contributed by atoms with van der Waals surface area (Å²) in [6.07, 6.45) is 1.51. The Morgan fingerprint density at radius 1 is 1.48 bits per heavy atom. The van der Waals surface area contributed by atoms with Gasteiger partial charge in [0.2, 0.25) is 15.9 Å². The van der Waals surface area contributed by atoms with Gasteiger partial charge in [0.1, 0.15) is 5.76 Å². The van der Waals surface area contributed by atoms with E-state index in [-0.39, 0.29) is 23.8 Å². The highest BCUT2D eigenvalue weighted by atomic mass is 35.5. The van der Waals surface area contributed by atoms with E-state index in [0.717, 1.165) is 0 Å². The maximum Gasteiger partial charge on any atom is 0.216 e. The van der Waals surface area contributed by atoms with Crippen molar-refractivity contribution in [2.24, 2.45) is 0 Å². The molecule has 1 aromatic carbocycles. The van der Waals surface area contributed by atoms with E-state index in [1.807, 2.05) is 6.07 Å². The predicted molar refractivity (Wildman–Crippen MR) is 76.9 cm³/mol.